The summed E-state index contributed by atoms with van der Waals surface area (Å²) in [5, 5.41) is 10.3. The van der Waals surface area contributed by atoms with Gasteiger partial charge in [-0.25, -0.2) is 0 Å². The van der Waals surface area contributed by atoms with Crippen LogP contribution in [0.1, 0.15) is 36.5 Å². The number of aliphatic hydroxyl groups is 1. The average molecular weight is 261 g/mol. The highest BCUT2D eigenvalue weighted by Gasteiger charge is 2.33. The zero-order valence-corrected chi connectivity index (χ0v) is 11.8. The molecule has 2 unspecified atom stereocenters. The van der Waals surface area contributed by atoms with Crippen LogP contribution in [0.15, 0.2) is 18.2 Å². The van der Waals surface area contributed by atoms with Crippen LogP contribution in [-0.4, -0.2) is 36.2 Å². The lowest BCUT2D eigenvalue weighted by molar-refractivity contribution is 0.0156. The molecule has 0 saturated carbocycles. The van der Waals surface area contributed by atoms with Gasteiger partial charge in [-0.2, -0.15) is 0 Å². The van der Waals surface area contributed by atoms with Crippen LogP contribution >= 0.6 is 0 Å². The summed E-state index contributed by atoms with van der Waals surface area (Å²) in [4.78, 5) is 2.37. The van der Waals surface area contributed by atoms with Gasteiger partial charge >= 0.3 is 0 Å². The Morgan fingerprint density at radius 2 is 2.00 bits per heavy atom. The highest BCUT2D eigenvalue weighted by Crippen LogP contribution is 2.39. The first-order chi connectivity index (χ1) is 9.13. The van der Waals surface area contributed by atoms with Gasteiger partial charge in [-0.15, -0.1) is 0 Å². The number of hydrogen-bond acceptors (Lipinski definition) is 3. The SMILES string of the molecule is Cc1ccc2c(c1)C(O)CC(C1CCN(C)CC1)O2. The van der Waals surface area contributed by atoms with E-state index in [4.69, 9.17) is 4.74 Å². The summed E-state index contributed by atoms with van der Waals surface area (Å²) in [6.45, 7) is 4.33. The molecule has 1 saturated heterocycles. The van der Waals surface area contributed by atoms with E-state index in [1.165, 1.54) is 18.4 Å². The largest absolute Gasteiger partial charge is 0.490 e. The Morgan fingerprint density at radius 1 is 1.26 bits per heavy atom. The van der Waals surface area contributed by atoms with E-state index in [9.17, 15) is 5.11 Å². The smallest absolute Gasteiger partial charge is 0.125 e. The van der Waals surface area contributed by atoms with Gasteiger partial charge in [0.2, 0.25) is 0 Å². The van der Waals surface area contributed by atoms with E-state index in [0.717, 1.165) is 30.8 Å². The molecule has 2 aliphatic heterocycles. The molecule has 0 radical (unpaired) electrons. The zero-order valence-electron chi connectivity index (χ0n) is 11.8. The molecule has 1 aromatic rings. The minimum Gasteiger partial charge on any atom is -0.490 e. The predicted molar refractivity (Wildman–Crippen MR) is 75.4 cm³/mol. The van der Waals surface area contributed by atoms with Crippen LogP contribution < -0.4 is 4.74 Å². The van der Waals surface area contributed by atoms with Crippen LogP contribution in [0, 0.1) is 12.8 Å². The van der Waals surface area contributed by atoms with Crippen molar-refractivity contribution in [1.82, 2.24) is 4.90 Å². The lowest BCUT2D eigenvalue weighted by atomic mass is 9.85. The fourth-order valence-corrected chi connectivity index (χ4v) is 3.28. The molecule has 104 valence electrons. The number of benzene rings is 1. The second-order valence-electron chi connectivity index (χ2n) is 6.09. The standard InChI is InChI=1S/C16H23NO2/c1-11-3-4-15-13(9-11)14(18)10-16(19-15)12-5-7-17(2)8-6-12/h3-4,9,12,14,16,18H,5-8,10H2,1-2H3. The Balaban J connectivity index is 1.75. The third-order valence-corrected chi connectivity index (χ3v) is 4.55. The second-order valence-corrected chi connectivity index (χ2v) is 6.09. The summed E-state index contributed by atoms with van der Waals surface area (Å²) in [6, 6.07) is 6.11. The molecular formula is C16H23NO2. The van der Waals surface area contributed by atoms with Gasteiger partial charge < -0.3 is 14.7 Å². The van der Waals surface area contributed by atoms with E-state index in [0.29, 0.717) is 5.92 Å². The summed E-state index contributed by atoms with van der Waals surface area (Å²) in [6.07, 6.45) is 2.90. The Hall–Kier alpha value is -1.06. The number of ether oxygens (including phenoxy) is 1. The molecule has 3 rings (SSSR count). The van der Waals surface area contributed by atoms with E-state index >= 15 is 0 Å². The predicted octanol–water partition coefficient (Wildman–Crippen LogP) is 2.52. The van der Waals surface area contributed by atoms with Gasteiger partial charge in [0.25, 0.3) is 0 Å². The maximum absolute atomic E-state index is 10.3. The van der Waals surface area contributed by atoms with Crippen molar-refractivity contribution in [2.45, 2.75) is 38.4 Å². The first-order valence-corrected chi connectivity index (χ1v) is 7.27. The van der Waals surface area contributed by atoms with Crippen molar-refractivity contribution in [3.8, 4) is 5.75 Å². The van der Waals surface area contributed by atoms with Gasteiger partial charge in [0, 0.05) is 12.0 Å². The number of hydrogen-bond donors (Lipinski definition) is 1. The van der Waals surface area contributed by atoms with Crippen molar-refractivity contribution in [3.63, 3.8) is 0 Å². The molecule has 3 nitrogen and oxygen atoms in total. The topological polar surface area (TPSA) is 32.7 Å². The number of rotatable bonds is 1. The lowest BCUT2D eigenvalue weighted by Crippen LogP contribution is -2.40. The maximum Gasteiger partial charge on any atom is 0.125 e. The van der Waals surface area contributed by atoms with Crippen molar-refractivity contribution in [2.75, 3.05) is 20.1 Å². The number of aliphatic hydroxyl groups excluding tert-OH is 1. The van der Waals surface area contributed by atoms with Crippen molar-refractivity contribution >= 4 is 0 Å². The van der Waals surface area contributed by atoms with Gasteiger partial charge in [-0.1, -0.05) is 11.6 Å². The van der Waals surface area contributed by atoms with Gasteiger partial charge in [0.15, 0.2) is 0 Å². The van der Waals surface area contributed by atoms with Crippen LogP contribution in [0.2, 0.25) is 0 Å². The summed E-state index contributed by atoms with van der Waals surface area (Å²) in [5.74, 6) is 1.47. The highest BCUT2D eigenvalue weighted by molar-refractivity contribution is 5.40. The summed E-state index contributed by atoms with van der Waals surface area (Å²) in [5.41, 5.74) is 2.14. The van der Waals surface area contributed by atoms with Crippen LogP contribution in [-0.2, 0) is 0 Å². The van der Waals surface area contributed by atoms with Crippen LogP contribution in [0.25, 0.3) is 0 Å². The Kier molecular flexibility index (Phi) is 3.50. The number of aryl methyl sites for hydroxylation is 1. The fraction of sp³-hybridized carbons (Fsp3) is 0.625. The van der Waals surface area contributed by atoms with Crippen molar-refractivity contribution in [3.05, 3.63) is 29.3 Å². The summed E-state index contributed by atoms with van der Waals surface area (Å²) in [7, 11) is 2.17. The zero-order chi connectivity index (χ0) is 13.4. The molecule has 1 aromatic carbocycles. The summed E-state index contributed by atoms with van der Waals surface area (Å²) < 4.78 is 6.15. The van der Waals surface area contributed by atoms with Crippen LogP contribution in [0.5, 0.6) is 5.75 Å². The van der Waals surface area contributed by atoms with Gasteiger partial charge in [0.1, 0.15) is 11.9 Å². The number of fused-ring (bicyclic) bond motifs is 1. The Morgan fingerprint density at radius 3 is 2.74 bits per heavy atom. The molecule has 1 fully saturated rings. The van der Waals surface area contributed by atoms with E-state index in [2.05, 4.69) is 24.9 Å². The molecule has 0 aliphatic carbocycles. The third-order valence-electron chi connectivity index (χ3n) is 4.55. The van der Waals surface area contributed by atoms with Crippen molar-refractivity contribution < 1.29 is 9.84 Å². The Bertz CT molecular complexity index is 452. The minimum atomic E-state index is -0.367. The molecule has 0 bridgehead atoms. The molecule has 2 heterocycles. The quantitative estimate of drug-likeness (QED) is 0.843. The highest BCUT2D eigenvalue weighted by atomic mass is 16.5. The number of piperidine rings is 1. The molecular weight excluding hydrogens is 238 g/mol. The van der Waals surface area contributed by atoms with E-state index in [1.54, 1.807) is 0 Å². The van der Waals surface area contributed by atoms with E-state index in [-0.39, 0.29) is 12.2 Å². The van der Waals surface area contributed by atoms with E-state index in [1.807, 2.05) is 12.1 Å². The molecule has 1 N–H and O–H groups in total. The molecule has 19 heavy (non-hydrogen) atoms. The first-order valence-electron chi connectivity index (χ1n) is 7.27. The third kappa shape index (κ3) is 2.63. The monoisotopic (exact) mass is 261 g/mol. The van der Waals surface area contributed by atoms with E-state index < -0.39 is 0 Å². The molecule has 2 atom stereocenters. The normalized spacial score (nSPS) is 28.8. The van der Waals surface area contributed by atoms with Crippen molar-refractivity contribution in [1.29, 1.82) is 0 Å². The molecule has 0 amide bonds. The molecule has 0 spiro atoms. The molecule has 0 aromatic heterocycles. The van der Waals surface area contributed by atoms with Crippen molar-refractivity contribution in [2.24, 2.45) is 5.92 Å². The van der Waals surface area contributed by atoms with Crippen LogP contribution in [0.4, 0.5) is 0 Å². The number of likely N-dealkylation sites (tertiary alicyclic amines) is 1. The van der Waals surface area contributed by atoms with Gasteiger partial charge in [-0.05, 0) is 58.0 Å². The van der Waals surface area contributed by atoms with Gasteiger partial charge in [-0.3, -0.25) is 0 Å². The lowest BCUT2D eigenvalue weighted by Gasteiger charge is -2.38. The number of nitrogens with zero attached hydrogens (tertiary/aromatic N) is 1. The molecule has 3 heteroatoms. The first kappa shape index (κ1) is 12.9. The average Bonchev–Trinajstić information content (AvgIpc) is 2.40. The van der Waals surface area contributed by atoms with Crippen LogP contribution in [0.3, 0.4) is 0 Å². The fourth-order valence-electron chi connectivity index (χ4n) is 3.28. The Labute approximate surface area is 115 Å². The summed E-state index contributed by atoms with van der Waals surface area (Å²) >= 11 is 0. The van der Waals surface area contributed by atoms with Gasteiger partial charge in [0.05, 0.1) is 6.10 Å². The molecule has 2 aliphatic rings. The minimum absolute atomic E-state index is 0.180. The maximum atomic E-state index is 10.3. The second kappa shape index (κ2) is 5.14.